The number of urea groups is 1. The van der Waals surface area contributed by atoms with Crippen LogP contribution in [0.5, 0.6) is 0 Å². The molecule has 0 spiro atoms. The minimum absolute atomic E-state index is 0.0118. The number of Topliss-reactive ketones (excluding diaryl/α,β-unsaturated/α-hetero) is 1. The molecule has 6 fully saturated rings. The van der Waals surface area contributed by atoms with Crippen LogP contribution in [0.3, 0.4) is 0 Å². The number of carbonyl (C=O) groups is 5. The highest BCUT2D eigenvalue weighted by Crippen LogP contribution is 2.65. The fourth-order valence-corrected chi connectivity index (χ4v) is 10.6. The summed E-state index contributed by atoms with van der Waals surface area (Å²) in [5.74, 6) is -1.92. The van der Waals surface area contributed by atoms with Gasteiger partial charge in [0.25, 0.3) is 5.91 Å². The van der Waals surface area contributed by atoms with Crippen molar-refractivity contribution in [3.63, 3.8) is 0 Å². The van der Waals surface area contributed by atoms with Crippen molar-refractivity contribution >= 4 is 39.6 Å². The third-order valence-electron chi connectivity index (χ3n) is 12.6. The standard InChI is InChI=1S/C37H60N6O7S/c1-35(2,3)30(40-34(48)41-37(18-8-7-9-19-37)21-51(49,50)42(6)24-15-16-24)33(47)43-20-25-27(36(25,4)5)28(43)31(45)39-26(17-12-22-10-11-22)29(44)32(46)38-23-13-14-23/h22-28,30H,7-21H2,1-6H3,(H,38,46)(H,39,45)(H2,40,41,48). The Labute approximate surface area is 303 Å². The number of hydrogen-bond donors (Lipinski definition) is 4. The Morgan fingerprint density at radius 2 is 1.57 bits per heavy atom. The molecule has 1 aliphatic heterocycles. The Kier molecular flexibility index (Phi) is 10.4. The zero-order valence-corrected chi connectivity index (χ0v) is 32.2. The van der Waals surface area contributed by atoms with Gasteiger partial charge in [-0.3, -0.25) is 19.2 Å². The van der Waals surface area contributed by atoms with E-state index in [2.05, 4.69) is 35.1 Å². The van der Waals surface area contributed by atoms with Crippen LogP contribution in [0.4, 0.5) is 4.79 Å². The molecule has 0 aromatic rings. The largest absolute Gasteiger partial charge is 0.347 e. The molecule has 51 heavy (non-hydrogen) atoms. The van der Waals surface area contributed by atoms with E-state index in [1.54, 1.807) is 11.9 Å². The van der Waals surface area contributed by atoms with Crippen LogP contribution in [-0.4, -0.2) is 102 Å². The van der Waals surface area contributed by atoms with Gasteiger partial charge in [0.1, 0.15) is 12.1 Å². The van der Waals surface area contributed by atoms with Crippen molar-refractivity contribution in [1.29, 1.82) is 0 Å². The Bertz CT molecular complexity index is 1510. The Morgan fingerprint density at radius 3 is 2.14 bits per heavy atom. The maximum Gasteiger partial charge on any atom is 0.315 e. The van der Waals surface area contributed by atoms with Crippen molar-refractivity contribution < 1.29 is 32.4 Å². The number of likely N-dealkylation sites (tertiary alicyclic amines) is 1. The molecule has 1 saturated heterocycles. The quantitative estimate of drug-likeness (QED) is 0.187. The molecule has 14 heteroatoms. The molecule has 5 atom stereocenters. The highest BCUT2D eigenvalue weighted by Gasteiger charge is 2.70. The molecule has 6 aliphatic rings. The average molecular weight is 733 g/mol. The van der Waals surface area contributed by atoms with Gasteiger partial charge in [-0.1, -0.05) is 66.7 Å². The predicted molar refractivity (Wildman–Crippen MR) is 192 cm³/mol. The van der Waals surface area contributed by atoms with Crippen LogP contribution in [0.15, 0.2) is 0 Å². The summed E-state index contributed by atoms with van der Waals surface area (Å²) in [6, 6.07) is -3.43. The third-order valence-corrected chi connectivity index (χ3v) is 14.7. The first-order chi connectivity index (χ1) is 23.8. The minimum Gasteiger partial charge on any atom is -0.347 e. The van der Waals surface area contributed by atoms with Crippen LogP contribution >= 0.6 is 0 Å². The van der Waals surface area contributed by atoms with Crippen LogP contribution in [-0.2, 0) is 29.2 Å². The van der Waals surface area contributed by atoms with Gasteiger partial charge in [0.15, 0.2) is 0 Å². The summed E-state index contributed by atoms with van der Waals surface area (Å²) < 4.78 is 28.3. The van der Waals surface area contributed by atoms with Crippen LogP contribution in [0.2, 0.25) is 0 Å². The van der Waals surface area contributed by atoms with Gasteiger partial charge < -0.3 is 26.2 Å². The fourth-order valence-electron chi connectivity index (χ4n) is 8.66. The predicted octanol–water partition coefficient (Wildman–Crippen LogP) is 2.83. The molecule has 4 N–H and O–H groups in total. The zero-order valence-electron chi connectivity index (χ0n) is 31.4. The summed E-state index contributed by atoms with van der Waals surface area (Å²) in [6.45, 7) is 10.0. The number of amides is 5. The van der Waals surface area contributed by atoms with Crippen molar-refractivity contribution in [1.82, 2.24) is 30.5 Å². The minimum atomic E-state index is -3.62. The molecule has 0 bridgehead atoms. The van der Waals surface area contributed by atoms with Crippen molar-refractivity contribution in [2.24, 2.45) is 28.6 Å². The first kappa shape index (κ1) is 38.0. The number of sulfonamides is 1. The summed E-state index contributed by atoms with van der Waals surface area (Å²) in [5.41, 5.74) is -1.89. The van der Waals surface area contributed by atoms with Crippen molar-refractivity contribution in [3.05, 3.63) is 0 Å². The molecule has 13 nitrogen and oxygen atoms in total. The Hall–Kier alpha value is -2.74. The number of nitrogens with one attached hydrogen (secondary N) is 4. The fraction of sp³-hybridized carbons (Fsp3) is 0.865. The molecule has 0 aromatic heterocycles. The summed E-state index contributed by atoms with van der Waals surface area (Å²) >= 11 is 0. The van der Waals surface area contributed by atoms with Gasteiger partial charge in [-0.05, 0) is 80.0 Å². The van der Waals surface area contributed by atoms with E-state index in [-0.39, 0.29) is 35.1 Å². The summed E-state index contributed by atoms with van der Waals surface area (Å²) in [4.78, 5) is 70.3. The van der Waals surface area contributed by atoms with Gasteiger partial charge >= 0.3 is 6.03 Å². The van der Waals surface area contributed by atoms with E-state index < -0.39 is 68.6 Å². The lowest BCUT2D eigenvalue weighted by Crippen LogP contribution is -2.64. The topological polar surface area (TPSA) is 174 Å². The van der Waals surface area contributed by atoms with E-state index in [0.29, 0.717) is 31.7 Å². The first-order valence-corrected chi connectivity index (χ1v) is 20.9. The van der Waals surface area contributed by atoms with Crippen molar-refractivity contribution in [3.8, 4) is 0 Å². The number of hydrogen-bond acceptors (Lipinski definition) is 7. The van der Waals surface area contributed by atoms with E-state index in [1.165, 1.54) is 4.31 Å². The molecular weight excluding hydrogens is 673 g/mol. The molecule has 1 heterocycles. The summed E-state index contributed by atoms with van der Waals surface area (Å²) in [6.07, 6.45) is 10.2. The number of carbonyl (C=O) groups excluding carboxylic acids is 5. The van der Waals surface area contributed by atoms with E-state index in [4.69, 9.17) is 0 Å². The van der Waals surface area contributed by atoms with Gasteiger partial charge in [-0.2, -0.15) is 0 Å². The third kappa shape index (κ3) is 8.57. The lowest BCUT2D eigenvalue weighted by molar-refractivity contribution is -0.145. The number of piperidine rings is 1. The second-order valence-corrected chi connectivity index (χ2v) is 20.4. The number of nitrogens with zero attached hydrogens (tertiary/aromatic N) is 2. The maximum absolute atomic E-state index is 14.5. The van der Waals surface area contributed by atoms with Gasteiger partial charge in [0.05, 0.1) is 17.3 Å². The lowest BCUT2D eigenvalue weighted by atomic mass is 9.83. The van der Waals surface area contributed by atoms with Crippen LogP contribution in [0, 0.1) is 28.6 Å². The van der Waals surface area contributed by atoms with Gasteiger partial charge in [-0.25, -0.2) is 17.5 Å². The van der Waals surface area contributed by atoms with E-state index in [0.717, 1.165) is 64.2 Å². The number of ketones is 1. The zero-order chi connectivity index (χ0) is 37.1. The van der Waals surface area contributed by atoms with E-state index in [9.17, 15) is 32.4 Å². The monoisotopic (exact) mass is 732 g/mol. The molecule has 0 aromatic carbocycles. The van der Waals surface area contributed by atoms with Gasteiger partial charge in [0.2, 0.25) is 27.6 Å². The molecule has 5 amide bonds. The highest BCUT2D eigenvalue weighted by molar-refractivity contribution is 7.89. The number of rotatable bonds is 15. The maximum atomic E-state index is 14.5. The average Bonchev–Trinajstić information content (AvgIpc) is 3.84. The van der Waals surface area contributed by atoms with Crippen LogP contribution in [0.25, 0.3) is 0 Å². The Balaban J connectivity index is 1.17. The molecule has 5 aliphatic carbocycles. The molecule has 0 radical (unpaired) electrons. The second kappa shape index (κ2) is 13.9. The molecule has 6 rings (SSSR count). The smallest absolute Gasteiger partial charge is 0.315 e. The normalized spacial score (nSPS) is 27.9. The summed E-state index contributed by atoms with van der Waals surface area (Å²) in [7, 11) is -2.01. The highest BCUT2D eigenvalue weighted by atomic mass is 32.2. The Morgan fingerprint density at radius 1 is 0.922 bits per heavy atom. The SMILES string of the molecule is CN(C1CC1)S(=O)(=O)CC1(NC(=O)NC(C(=O)N2CC3C(C2C(=O)NC(CCC2CC2)C(=O)C(=O)NC2CC2)C3(C)C)C(C)(C)C)CCCCC1. The van der Waals surface area contributed by atoms with Crippen LogP contribution < -0.4 is 21.3 Å². The second-order valence-electron chi connectivity index (χ2n) is 18.3. The van der Waals surface area contributed by atoms with E-state index in [1.807, 2.05) is 20.8 Å². The molecule has 5 saturated carbocycles. The van der Waals surface area contributed by atoms with Crippen molar-refractivity contribution in [2.45, 2.75) is 154 Å². The molecule has 286 valence electrons. The van der Waals surface area contributed by atoms with Crippen LogP contribution in [0.1, 0.15) is 118 Å². The number of fused-ring (bicyclic) bond motifs is 1. The lowest BCUT2D eigenvalue weighted by Gasteiger charge is -2.41. The molecular formula is C37H60N6O7S. The van der Waals surface area contributed by atoms with Gasteiger partial charge in [0, 0.05) is 25.7 Å². The summed E-state index contributed by atoms with van der Waals surface area (Å²) in [5, 5.41) is 11.6. The van der Waals surface area contributed by atoms with Crippen molar-refractivity contribution in [2.75, 3.05) is 19.3 Å². The first-order valence-electron chi connectivity index (χ1n) is 19.3. The molecule has 5 unspecified atom stereocenters. The van der Waals surface area contributed by atoms with E-state index >= 15 is 0 Å². The van der Waals surface area contributed by atoms with Gasteiger partial charge in [-0.15, -0.1) is 0 Å².